The van der Waals surface area contributed by atoms with Gasteiger partial charge in [0.2, 0.25) is 0 Å². The molecular weight excluding hydrogens is 210 g/mol. The molecule has 0 heterocycles. The first kappa shape index (κ1) is 12.4. The number of nitrogens with two attached hydrogens (primary N) is 1. The second-order valence-electron chi connectivity index (χ2n) is 5.92. The summed E-state index contributed by atoms with van der Waals surface area (Å²) in [4.78, 5) is 0. The van der Waals surface area contributed by atoms with Crippen molar-refractivity contribution in [2.45, 2.75) is 51.5 Å². The van der Waals surface area contributed by atoms with Gasteiger partial charge in [-0.3, -0.25) is 0 Å². The van der Waals surface area contributed by atoms with Crippen molar-refractivity contribution in [3.63, 3.8) is 0 Å². The monoisotopic (exact) mass is 233 g/mol. The van der Waals surface area contributed by atoms with Gasteiger partial charge >= 0.3 is 0 Å². The minimum absolute atomic E-state index is 0.0134. The van der Waals surface area contributed by atoms with E-state index < -0.39 is 0 Å². The summed E-state index contributed by atoms with van der Waals surface area (Å²) >= 11 is 0. The molecule has 1 aliphatic rings. The van der Waals surface area contributed by atoms with E-state index in [9.17, 15) is 0 Å². The highest BCUT2D eigenvalue weighted by atomic mass is 16.5. The average molecular weight is 233 g/mol. The summed E-state index contributed by atoms with van der Waals surface area (Å²) in [6.45, 7) is 8.70. The summed E-state index contributed by atoms with van der Waals surface area (Å²) in [5.41, 5.74) is 10.1. The fraction of sp³-hybridized carbons (Fsp3) is 0.600. The van der Waals surface area contributed by atoms with Gasteiger partial charge in [0.1, 0.15) is 5.75 Å². The highest BCUT2D eigenvalue weighted by Gasteiger charge is 2.51. The molecule has 17 heavy (non-hydrogen) atoms. The van der Waals surface area contributed by atoms with E-state index in [1.807, 2.05) is 0 Å². The van der Waals surface area contributed by atoms with Crippen molar-refractivity contribution < 1.29 is 4.74 Å². The van der Waals surface area contributed by atoms with E-state index >= 15 is 0 Å². The van der Waals surface area contributed by atoms with E-state index in [0.29, 0.717) is 0 Å². The lowest BCUT2D eigenvalue weighted by Gasteiger charge is -2.33. The minimum Gasteiger partial charge on any atom is -0.496 e. The third kappa shape index (κ3) is 1.85. The molecule has 1 aromatic carbocycles. The van der Waals surface area contributed by atoms with Gasteiger partial charge in [0.25, 0.3) is 0 Å². The quantitative estimate of drug-likeness (QED) is 0.870. The van der Waals surface area contributed by atoms with Crippen LogP contribution in [0.5, 0.6) is 5.75 Å². The minimum atomic E-state index is -0.0134. The highest BCUT2D eigenvalue weighted by molar-refractivity contribution is 5.47. The van der Waals surface area contributed by atoms with Crippen LogP contribution in [0, 0.1) is 13.8 Å². The number of aryl methyl sites for hydroxylation is 2. The van der Waals surface area contributed by atoms with Crippen LogP contribution < -0.4 is 10.5 Å². The molecule has 94 valence electrons. The van der Waals surface area contributed by atoms with Crippen LogP contribution in [-0.4, -0.2) is 12.6 Å². The number of ether oxygens (including phenoxy) is 1. The Hall–Kier alpha value is -1.02. The highest BCUT2D eigenvalue weighted by Crippen LogP contribution is 2.49. The molecule has 0 radical (unpaired) electrons. The Morgan fingerprint density at radius 1 is 1.18 bits per heavy atom. The van der Waals surface area contributed by atoms with Crippen LogP contribution in [0.4, 0.5) is 0 Å². The molecule has 0 spiro atoms. The van der Waals surface area contributed by atoms with Gasteiger partial charge in [0.15, 0.2) is 0 Å². The summed E-state index contributed by atoms with van der Waals surface area (Å²) in [5.74, 6) is 0.992. The van der Waals surface area contributed by atoms with E-state index in [0.717, 1.165) is 18.6 Å². The van der Waals surface area contributed by atoms with Gasteiger partial charge in [-0.2, -0.15) is 0 Å². The lowest BCUT2D eigenvalue weighted by Crippen LogP contribution is -2.43. The first-order valence-corrected chi connectivity index (χ1v) is 6.26. The molecule has 0 bridgehead atoms. The maximum atomic E-state index is 6.40. The smallest absolute Gasteiger partial charge is 0.124 e. The van der Waals surface area contributed by atoms with Crippen molar-refractivity contribution in [2.24, 2.45) is 5.73 Å². The van der Waals surface area contributed by atoms with E-state index in [1.165, 1.54) is 16.7 Å². The number of hydrogen-bond donors (Lipinski definition) is 1. The number of methoxy groups -OCH3 is 1. The fourth-order valence-corrected chi connectivity index (χ4v) is 2.68. The maximum absolute atomic E-state index is 6.40. The lowest BCUT2D eigenvalue weighted by molar-refractivity contribution is 0.386. The zero-order valence-electron chi connectivity index (χ0n) is 11.6. The van der Waals surface area contributed by atoms with Gasteiger partial charge in [-0.25, -0.2) is 0 Å². The van der Waals surface area contributed by atoms with Crippen molar-refractivity contribution in [1.82, 2.24) is 0 Å². The van der Waals surface area contributed by atoms with Gasteiger partial charge in [-0.15, -0.1) is 0 Å². The van der Waals surface area contributed by atoms with Crippen molar-refractivity contribution in [2.75, 3.05) is 7.11 Å². The van der Waals surface area contributed by atoms with Gasteiger partial charge in [-0.1, -0.05) is 26.0 Å². The van der Waals surface area contributed by atoms with Crippen LogP contribution in [0.2, 0.25) is 0 Å². The molecule has 0 aliphatic heterocycles. The van der Waals surface area contributed by atoms with Crippen LogP contribution in [-0.2, 0) is 5.41 Å². The third-order valence-corrected chi connectivity index (χ3v) is 4.42. The Bertz CT molecular complexity index is 421. The molecule has 2 nitrogen and oxygen atoms in total. The molecule has 1 saturated carbocycles. The van der Waals surface area contributed by atoms with Crippen LogP contribution in [0.1, 0.15) is 43.4 Å². The van der Waals surface area contributed by atoms with Gasteiger partial charge in [-0.05, 0) is 43.4 Å². The number of rotatable bonds is 3. The lowest BCUT2D eigenvalue weighted by atomic mass is 9.75. The Morgan fingerprint density at radius 2 is 1.65 bits per heavy atom. The summed E-state index contributed by atoms with van der Waals surface area (Å²) < 4.78 is 5.41. The van der Waals surface area contributed by atoms with Crippen molar-refractivity contribution in [1.29, 1.82) is 0 Å². The Morgan fingerprint density at radius 3 is 2.00 bits per heavy atom. The Kier molecular flexibility index (Phi) is 2.74. The van der Waals surface area contributed by atoms with Crippen LogP contribution >= 0.6 is 0 Å². The van der Waals surface area contributed by atoms with Gasteiger partial charge in [0, 0.05) is 11.0 Å². The molecule has 1 aromatic rings. The second kappa shape index (κ2) is 3.74. The SMILES string of the molecule is COc1c(C)cc(C(C)(C)C2(N)CC2)cc1C. The zero-order chi connectivity index (χ0) is 12.8. The zero-order valence-corrected chi connectivity index (χ0v) is 11.6. The molecule has 0 unspecified atom stereocenters. The van der Waals surface area contributed by atoms with Crippen molar-refractivity contribution >= 4 is 0 Å². The second-order valence-corrected chi connectivity index (χ2v) is 5.92. The Balaban J connectivity index is 2.47. The van der Waals surface area contributed by atoms with Crippen LogP contribution in [0.15, 0.2) is 12.1 Å². The van der Waals surface area contributed by atoms with Crippen LogP contribution in [0.3, 0.4) is 0 Å². The molecule has 0 aromatic heterocycles. The molecule has 2 rings (SSSR count). The third-order valence-electron chi connectivity index (χ3n) is 4.42. The normalized spacial score (nSPS) is 18.0. The fourth-order valence-electron chi connectivity index (χ4n) is 2.68. The van der Waals surface area contributed by atoms with E-state index in [4.69, 9.17) is 10.5 Å². The molecule has 1 aliphatic carbocycles. The van der Waals surface area contributed by atoms with Crippen LogP contribution in [0.25, 0.3) is 0 Å². The standard InChI is InChI=1S/C15H23NO/c1-10-8-12(9-11(2)13(10)17-5)14(3,4)15(16)6-7-15/h8-9H,6-7,16H2,1-5H3. The Labute approximate surface area is 104 Å². The topological polar surface area (TPSA) is 35.2 Å². The molecule has 2 heteroatoms. The molecule has 0 saturated heterocycles. The number of benzene rings is 1. The number of hydrogen-bond acceptors (Lipinski definition) is 2. The predicted octanol–water partition coefficient (Wildman–Crippen LogP) is 3.08. The van der Waals surface area contributed by atoms with Crippen molar-refractivity contribution in [3.05, 3.63) is 28.8 Å². The van der Waals surface area contributed by atoms with E-state index in [-0.39, 0.29) is 11.0 Å². The van der Waals surface area contributed by atoms with Crippen molar-refractivity contribution in [3.8, 4) is 5.75 Å². The first-order valence-electron chi connectivity index (χ1n) is 6.26. The van der Waals surface area contributed by atoms with E-state index in [2.05, 4.69) is 39.8 Å². The molecule has 1 fully saturated rings. The largest absolute Gasteiger partial charge is 0.496 e. The molecule has 0 amide bonds. The van der Waals surface area contributed by atoms with Gasteiger partial charge < -0.3 is 10.5 Å². The maximum Gasteiger partial charge on any atom is 0.124 e. The molecule has 0 atom stereocenters. The summed E-state index contributed by atoms with van der Waals surface area (Å²) in [6.07, 6.45) is 2.26. The summed E-state index contributed by atoms with van der Waals surface area (Å²) in [6, 6.07) is 4.44. The van der Waals surface area contributed by atoms with Gasteiger partial charge in [0.05, 0.1) is 7.11 Å². The summed E-state index contributed by atoms with van der Waals surface area (Å²) in [7, 11) is 1.73. The predicted molar refractivity (Wildman–Crippen MR) is 71.6 cm³/mol. The summed E-state index contributed by atoms with van der Waals surface area (Å²) in [5, 5.41) is 0. The molecule has 2 N–H and O–H groups in total. The molecular formula is C15H23NO. The first-order chi connectivity index (χ1) is 7.82. The average Bonchev–Trinajstić information content (AvgIpc) is 2.97. The van der Waals surface area contributed by atoms with E-state index in [1.54, 1.807) is 7.11 Å².